The first-order valence-electron chi connectivity index (χ1n) is 12.9. The monoisotopic (exact) mass is 634 g/mol. The molecule has 8 heteroatoms. The van der Waals surface area contributed by atoms with E-state index < -0.39 is 17.4 Å². The number of rotatable bonds is 4. The van der Waals surface area contributed by atoms with Crippen molar-refractivity contribution in [3.05, 3.63) is 121 Å². The number of aryl methyl sites for hydroxylation is 2. The van der Waals surface area contributed by atoms with E-state index in [1.54, 1.807) is 18.2 Å². The van der Waals surface area contributed by atoms with Crippen LogP contribution in [0, 0.1) is 13.8 Å². The van der Waals surface area contributed by atoms with Crippen molar-refractivity contribution in [2.45, 2.75) is 37.6 Å². The number of carbonyl (C=O) groups is 2. The summed E-state index contributed by atoms with van der Waals surface area (Å²) in [4.78, 5) is 27.8. The average Bonchev–Trinajstić information content (AvgIpc) is 3.19. The Bertz CT molecular complexity index is 1690. The Morgan fingerprint density at radius 1 is 0.900 bits per heavy atom. The van der Waals surface area contributed by atoms with Gasteiger partial charge in [0.25, 0.3) is 0 Å². The minimum atomic E-state index is -1.21. The van der Waals surface area contributed by atoms with Crippen molar-refractivity contribution in [3.63, 3.8) is 0 Å². The molecule has 4 aromatic carbocycles. The summed E-state index contributed by atoms with van der Waals surface area (Å²) in [5.41, 5.74) is 3.68. The maximum absolute atomic E-state index is 14.3. The number of carbonyl (C=O) groups excluding carboxylic acids is 2. The molecule has 1 fully saturated rings. The lowest BCUT2D eigenvalue weighted by atomic mass is 9.59. The first-order valence-corrected chi connectivity index (χ1v) is 14.4. The maximum Gasteiger partial charge on any atom is 0.238 e. The van der Waals surface area contributed by atoms with Crippen molar-refractivity contribution >= 4 is 56.6 Å². The van der Waals surface area contributed by atoms with Crippen molar-refractivity contribution in [3.8, 4) is 11.5 Å². The zero-order valence-electron chi connectivity index (χ0n) is 21.7. The topological polar surface area (TPSA) is 67.4 Å². The molecule has 0 bridgehead atoms. The number of halogens is 3. The number of ether oxygens (including phenoxy) is 1. The molecule has 1 saturated heterocycles. The Morgan fingerprint density at radius 3 is 2.50 bits per heavy atom. The van der Waals surface area contributed by atoms with Gasteiger partial charge in [0.15, 0.2) is 0 Å². The molecule has 0 aromatic heterocycles. The summed E-state index contributed by atoms with van der Waals surface area (Å²) in [6.07, 6.45) is 0.105. The first-order chi connectivity index (χ1) is 19.2. The van der Waals surface area contributed by atoms with Gasteiger partial charge in [-0.1, -0.05) is 69.5 Å². The highest BCUT2D eigenvalue weighted by Gasteiger charge is 2.61. The third-order valence-electron chi connectivity index (χ3n) is 7.85. The SMILES string of the molecule is Cc1ccc(C)c(Oc2ccc(Br)cc2[C@H]2NC(=O)C[C@@H](c3cccc(Cl)c3)[C@]23C(=O)Nc2cc(Cl)ccc23)c1. The van der Waals surface area contributed by atoms with E-state index in [0.29, 0.717) is 32.8 Å². The summed E-state index contributed by atoms with van der Waals surface area (Å²) in [7, 11) is 0. The third-order valence-corrected chi connectivity index (χ3v) is 8.81. The van der Waals surface area contributed by atoms with Crippen molar-refractivity contribution in [2.75, 3.05) is 5.32 Å². The number of fused-ring (bicyclic) bond motifs is 2. The van der Waals surface area contributed by atoms with E-state index in [4.69, 9.17) is 27.9 Å². The fourth-order valence-electron chi connectivity index (χ4n) is 6.04. The van der Waals surface area contributed by atoms with Gasteiger partial charge in [0, 0.05) is 38.1 Å². The molecule has 2 N–H and O–H groups in total. The Morgan fingerprint density at radius 2 is 1.70 bits per heavy atom. The van der Waals surface area contributed by atoms with E-state index in [1.165, 1.54) is 0 Å². The molecule has 2 amide bonds. The minimum absolute atomic E-state index is 0.105. The molecule has 6 rings (SSSR count). The van der Waals surface area contributed by atoms with Gasteiger partial charge in [-0.3, -0.25) is 9.59 Å². The van der Waals surface area contributed by atoms with Gasteiger partial charge in [-0.05, 0) is 84.6 Å². The average molecular weight is 636 g/mol. The molecule has 2 aliphatic rings. The maximum atomic E-state index is 14.3. The van der Waals surface area contributed by atoms with Crippen LogP contribution in [0.4, 0.5) is 5.69 Å². The number of hydrogen-bond acceptors (Lipinski definition) is 3. The first kappa shape index (κ1) is 26.9. The van der Waals surface area contributed by atoms with Crippen LogP contribution in [0.5, 0.6) is 11.5 Å². The zero-order valence-corrected chi connectivity index (χ0v) is 24.8. The van der Waals surface area contributed by atoms with Crippen LogP contribution in [0.25, 0.3) is 0 Å². The van der Waals surface area contributed by atoms with E-state index in [1.807, 2.05) is 74.5 Å². The van der Waals surface area contributed by atoms with Gasteiger partial charge >= 0.3 is 0 Å². The molecule has 5 nitrogen and oxygen atoms in total. The Kier molecular flexibility index (Phi) is 6.89. The largest absolute Gasteiger partial charge is 0.457 e. The number of nitrogens with one attached hydrogen (secondary N) is 2. The lowest BCUT2D eigenvalue weighted by Crippen LogP contribution is -2.56. The van der Waals surface area contributed by atoms with Gasteiger partial charge in [0.2, 0.25) is 11.8 Å². The zero-order chi connectivity index (χ0) is 28.2. The van der Waals surface area contributed by atoms with E-state index in [0.717, 1.165) is 26.7 Å². The number of amides is 2. The van der Waals surface area contributed by atoms with Gasteiger partial charge in [-0.15, -0.1) is 0 Å². The van der Waals surface area contributed by atoms with Crippen molar-refractivity contribution in [1.29, 1.82) is 0 Å². The second-order valence-corrected chi connectivity index (χ2v) is 12.2. The number of hydrogen-bond donors (Lipinski definition) is 2. The fourth-order valence-corrected chi connectivity index (χ4v) is 6.79. The minimum Gasteiger partial charge on any atom is -0.457 e. The quantitative estimate of drug-likeness (QED) is 0.237. The summed E-state index contributed by atoms with van der Waals surface area (Å²) in [6.45, 7) is 3.99. The van der Waals surface area contributed by atoms with Gasteiger partial charge in [-0.25, -0.2) is 0 Å². The molecule has 0 radical (unpaired) electrons. The van der Waals surface area contributed by atoms with Crippen LogP contribution in [0.2, 0.25) is 10.0 Å². The smallest absolute Gasteiger partial charge is 0.238 e. The summed E-state index contributed by atoms with van der Waals surface area (Å²) >= 11 is 16.4. The molecule has 0 aliphatic carbocycles. The van der Waals surface area contributed by atoms with Crippen LogP contribution in [-0.4, -0.2) is 11.8 Å². The summed E-state index contributed by atoms with van der Waals surface area (Å²) in [6, 6.07) is 23.7. The molecule has 4 aromatic rings. The summed E-state index contributed by atoms with van der Waals surface area (Å²) < 4.78 is 7.32. The molecular weight excluding hydrogens is 611 g/mol. The highest BCUT2D eigenvalue weighted by Crippen LogP contribution is 2.59. The lowest BCUT2D eigenvalue weighted by Gasteiger charge is -2.46. The molecule has 0 unspecified atom stereocenters. The highest BCUT2D eigenvalue weighted by molar-refractivity contribution is 9.10. The van der Waals surface area contributed by atoms with Crippen molar-refractivity contribution < 1.29 is 14.3 Å². The fraction of sp³-hybridized carbons (Fsp3) is 0.188. The van der Waals surface area contributed by atoms with E-state index in [-0.39, 0.29) is 18.2 Å². The second-order valence-electron chi connectivity index (χ2n) is 10.4. The molecule has 40 heavy (non-hydrogen) atoms. The standard InChI is InChI=1S/C32H25BrCl2N2O3/c1-17-6-7-18(2)28(12-17)40-27-11-8-20(33)14-23(27)30-32(24-10-9-22(35)15-26(24)36-31(32)39)25(16-29(38)37-30)19-4-3-5-21(34)13-19/h3-15,25,30H,16H2,1-2H3,(H,36,39)(H,37,38)/t25-,30+,32-/m0/s1. The van der Waals surface area contributed by atoms with Gasteiger partial charge < -0.3 is 15.4 Å². The molecule has 1 spiro atoms. The van der Waals surface area contributed by atoms with E-state index in [9.17, 15) is 9.59 Å². The van der Waals surface area contributed by atoms with Gasteiger partial charge in [-0.2, -0.15) is 0 Å². The van der Waals surface area contributed by atoms with Crippen molar-refractivity contribution in [1.82, 2.24) is 5.32 Å². The molecule has 2 heterocycles. The van der Waals surface area contributed by atoms with E-state index in [2.05, 4.69) is 26.6 Å². The number of piperidine rings is 1. The predicted octanol–water partition coefficient (Wildman–Crippen LogP) is 8.40. The number of anilines is 1. The lowest BCUT2D eigenvalue weighted by molar-refractivity contribution is -0.131. The Balaban J connectivity index is 1.61. The molecular formula is C32H25BrCl2N2O3. The van der Waals surface area contributed by atoms with E-state index >= 15 is 0 Å². The molecule has 202 valence electrons. The van der Waals surface area contributed by atoms with Crippen LogP contribution < -0.4 is 15.4 Å². The highest BCUT2D eigenvalue weighted by atomic mass is 79.9. The van der Waals surface area contributed by atoms with Crippen LogP contribution in [0.3, 0.4) is 0 Å². The third kappa shape index (κ3) is 4.48. The van der Waals surface area contributed by atoms with Gasteiger partial charge in [0.1, 0.15) is 16.9 Å². The van der Waals surface area contributed by atoms with Crippen LogP contribution >= 0.6 is 39.1 Å². The summed E-state index contributed by atoms with van der Waals surface area (Å²) in [5, 5.41) is 7.29. The second kappa shape index (κ2) is 10.3. The molecule has 0 saturated carbocycles. The Hall–Kier alpha value is -3.32. The van der Waals surface area contributed by atoms with Gasteiger partial charge in [0.05, 0.1) is 6.04 Å². The number of benzene rings is 4. The van der Waals surface area contributed by atoms with Crippen LogP contribution in [-0.2, 0) is 15.0 Å². The molecule has 2 aliphatic heterocycles. The van der Waals surface area contributed by atoms with Crippen molar-refractivity contribution in [2.24, 2.45) is 0 Å². The van der Waals surface area contributed by atoms with Crippen LogP contribution in [0.15, 0.2) is 83.3 Å². The Labute approximate surface area is 251 Å². The molecule has 3 atom stereocenters. The normalized spacial score (nSPS) is 21.6. The predicted molar refractivity (Wildman–Crippen MR) is 162 cm³/mol. The van der Waals surface area contributed by atoms with Crippen LogP contribution in [0.1, 0.15) is 46.2 Å². The summed E-state index contributed by atoms with van der Waals surface area (Å²) in [5.74, 6) is 0.337.